The van der Waals surface area contributed by atoms with E-state index < -0.39 is 10.0 Å². The van der Waals surface area contributed by atoms with Gasteiger partial charge < -0.3 is 9.64 Å². The topological polar surface area (TPSA) is 75.7 Å². The number of sulfonamides is 1. The summed E-state index contributed by atoms with van der Waals surface area (Å²) < 4.78 is 34.1. The van der Waals surface area contributed by atoms with E-state index in [1.54, 1.807) is 42.3 Å². The lowest BCUT2D eigenvalue weighted by molar-refractivity contribution is 0.0999. The lowest BCUT2D eigenvalue weighted by Gasteiger charge is -2.16. The summed E-state index contributed by atoms with van der Waals surface area (Å²) in [6.07, 6.45) is 0. The number of nitrogens with zero attached hydrogens (tertiary/aromatic N) is 1. The molecule has 0 radical (unpaired) electrons. The van der Waals surface area contributed by atoms with E-state index in [0.717, 1.165) is 16.6 Å². The molecular weight excluding hydrogens is 388 g/mol. The van der Waals surface area contributed by atoms with Crippen LogP contribution >= 0.6 is 0 Å². The van der Waals surface area contributed by atoms with E-state index in [4.69, 9.17) is 4.74 Å². The molecule has 1 heterocycles. The second-order valence-electron chi connectivity index (χ2n) is 7.40. The van der Waals surface area contributed by atoms with Crippen molar-refractivity contribution >= 4 is 38.1 Å². The van der Waals surface area contributed by atoms with Crippen LogP contribution in [0.1, 0.15) is 35.7 Å². The molecule has 0 saturated carbocycles. The molecule has 0 bridgehead atoms. The van der Waals surface area contributed by atoms with Gasteiger partial charge >= 0.3 is 0 Å². The number of methoxy groups -OCH3 is 1. The van der Waals surface area contributed by atoms with Crippen LogP contribution < -0.4 is 14.4 Å². The van der Waals surface area contributed by atoms with Crippen molar-refractivity contribution in [2.45, 2.75) is 24.7 Å². The second kappa shape index (κ2) is 6.77. The molecule has 7 heteroatoms. The number of carbonyl (C=O) groups is 1. The minimum atomic E-state index is -3.89. The zero-order chi connectivity index (χ0) is 20.9. The predicted octanol–water partition coefficient (Wildman–Crippen LogP) is 4.36. The summed E-state index contributed by atoms with van der Waals surface area (Å²) in [5.74, 6) is 0.373. The highest BCUT2D eigenvalue weighted by Gasteiger charge is 2.30. The first kappa shape index (κ1) is 19.3. The molecular formula is C22H22N2O4S. The Morgan fingerprint density at radius 2 is 1.79 bits per heavy atom. The molecule has 0 atom stereocenters. The molecule has 150 valence electrons. The number of benzene rings is 3. The van der Waals surface area contributed by atoms with Crippen LogP contribution in [-0.2, 0) is 10.0 Å². The molecule has 1 aliphatic heterocycles. The highest BCUT2D eigenvalue weighted by molar-refractivity contribution is 7.92. The number of nitrogens with one attached hydrogen (secondary N) is 1. The summed E-state index contributed by atoms with van der Waals surface area (Å²) in [4.78, 5) is 14.4. The van der Waals surface area contributed by atoms with Crippen molar-refractivity contribution in [2.24, 2.45) is 0 Å². The minimum absolute atomic E-state index is 0.0584. The third kappa shape index (κ3) is 3.02. The number of para-hydroxylation sites is 1. The molecule has 4 rings (SSSR count). The van der Waals surface area contributed by atoms with Crippen molar-refractivity contribution in [1.82, 2.24) is 0 Å². The Morgan fingerprint density at radius 3 is 2.48 bits per heavy atom. The second-order valence-corrected chi connectivity index (χ2v) is 9.05. The smallest absolute Gasteiger partial charge is 0.265 e. The number of hydrogen-bond acceptors (Lipinski definition) is 4. The number of hydrogen-bond donors (Lipinski definition) is 1. The normalized spacial score (nSPS) is 13.4. The maximum atomic E-state index is 13.1. The zero-order valence-electron chi connectivity index (χ0n) is 16.7. The van der Waals surface area contributed by atoms with Crippen LogP contribution in [0, 0.1) is 0 Å². The van der Waals surface area contributed by atoms with Crippen LogP contribution in [0.5, 0.6) is 5.75 Å². The molecule has 1 amide bonds. The first-order valence-electron chi connectivity index (χ1n) is 9.29. The Kier molecular flexibility index (Phi) is 4.50. The number of ether oxygens (including phenoxy) is 1. The van der Waals surface area contributed by atoms with Crippen molar-refractivity contribution in [1.29, 1.82) is 0 Å². The van der Waals surface area contributed by atoms with Crippen molar-refractivity contribution in [3.63, 3.8) is 0 Å². The fourth-order valence-corrected chi connectivity index (χ4v) is 4.94. The molecule has 0 aromatic heterocycles. The van der Waals surface area contributed by atoms with Gasteiger partial charge in [-0.05, 0) is 47.9 Å². The van der Waals surface area contributed by atoms with Gasteiger partial charge in [0, 0.05) is 17.8 Å². The minimum Gasteiger partial charge on any atom is -0.495 e. The van der Waals surface area contributed by atoms with Crippen molar-refractivity contribution < 1.29 is 17.9 Å². The Balaban J connectivity index is 1.92. The summed E-state index contributed by atoms with van der Waals surface area (Å²) >= 11 is 0. The van der Waals surface area contributed by atoms with Gasteiger partial charge in [0.15, 0.2) is 0 Å². The van der Waals surface area contributed by atoms with Crippen LogP contribution in [0.3, 0.4) is 0 Å². The molecule has 3 aromatic rings. The highest BCUT2D eigenvalue weighted by Crippen LogP contribution is 2.42. The van der Waals surface area contributed by atoms with E-state index in [0.29, 0.717) is 16.6 Å². The standard InChI is InChI=1S/C22H22N2O4S/c1-13(2)14-11-15-17(9-10-18-21(15)16(12-14)22(25)24(18)3)23-29(26,27)20-8-6-5-7-19(20)28-4/h5-13,23H,1-4H3. The van der Waals surface area contributed by atoms with Gasteiger partial charge in [0.1, 0.15) is 10.6 Å². The molecule has 29 heavy (non-hydrogen) atoms. The largest absolute Gasteiger partial charge is 0.495 e. The lowest BCUT2D eigenvalue weighted by atomic mass is 9.95. The average molecular weight is 410 g/mol. The predicted molar refractivity (Wildman–Crippen MR) is 115 cm³/mol. The third-order valence-corrected chi connectivity index (χ3v) is 6.69. The van der Waals surface area contributed by atoms with Gasteiger partial charge in [0.25, 0.3) is 15.9 Å². The van der Waals surface area contributed by atoms with Gasteiger partial charge in [-0.3, -0.25) is 9.52 Å². The summed E-state index contributed by atoms with van der Waals surface area (Å²) in [5.41, 5.74) is 2.78. The first-order valence-corrected chi connectivity index (χ1v) is 10.8. The van der Waals surface area contributed by atoms with Crippen LogP contribution in [0.15, 0.2) is 53.4 Å². The monoisotopic (exact) mass is 410 g/mol. The number of anilines is 2. The lowest BCUT2D eigenvalue weighted by Crippen LogP contribution is -2.20. The summed E-state index contributed by atoms with van der Waals surface area (Å²) in [6, 6.07) is 13.8. The zero-order valence-corrected chi connectivity index (χ0v) is 17.5. The fraction of sp³-hybridized carbons (Fsp3) is 0.227. The highest BCUT2D eigenvalue weighted by atomic mass is 32.2. The Bertz CT molecular complexity index is 1250. The van der Waals surface area contributed by atoms with E-state index in [-0.39, 0.29) is 22.5 Å². The molecule has 3 aromatic carbocycles. The fourth-order valence-electron chi connectivity index (χ4n) is 3.69. The van der Waals surface area contributed by atoms with E-state index in [1.165, 1.54) is 13.2 Å². The molecule has 1 N–H and O–H groups in total. The van der Waals surface area contributed by atoms with Gasteiger partial charge in [-0.25, -0.2) is 8.42 Å². The molecule has 0 unspecified atom stereocenters. The molecule has 6 nitrogen and oxygen atoms in total. The van der Waals surface area contributed by atoms with Crippen molar-refractivity contribution in [3.8, 4) is 5.75 Å². The summed E-state index contributed by atoms with van der Waals surface area (Å²) in [5, 5.41) is 1.47. The molecule has 1 aliphatic rings. The van der Waals surface area contributed by atoms with E-state index in [9.17, 15) is 13.2 Å². The van der Waals surface area contributed by atoms with Crippen molar-refractivity contribution in [3.05, 3.63) is 59.7 Å². The van der Waals surface area contributed by atoms with E-state index in [1.807, 2.05) is 26.0 Å². The SMILES string of the molecule is COc1ccccc1S(=O)(=O)Nc1ccc2c3c(cc(C(C)C)cc13)C(=O)N2C. The van der Waals surface area contributed by atoms with Crippen LogP contribution in [0.2, 0.25) is 0 Å². The Labute approximate surface area is 170 Å². The molecule has 0 aliphatic carbocycles. The number of carbonyl (C=O) groups excluding carboxylic acids is 1. The number of amides is 1. The van der Waals surface area contributed by atoms with E-state index in [2.05, 4.69) is 4.72 Å². The summed E-state index contributed by atoms with van der Waals surface area (Å²) in [6.45, 7) is 4.08. The van der Waals surface area contributed by atoms with E-state index >= 15 is 0 Å². The summed E-state index contributed by atoms with van der Waals surface area (Å²) in [7, 11) is -0.725. The van der Waals surface area contributed by atoms with Gasteiger partial charge in [-0.15, -0.1) is 0 Å². The van der Waals surface area contributed by atoms with Crippen LogP contribution in [-0.4, -0.2) is 28.5 Å². The van der Waals surface area contributed by atoms with Gasteiger partial charge in [0.05, 0.1) is 24.0 Å². The van der Waals surface area contributed by atoms with Gasteiger partial charge in [-0.2, -0.15) is 0 Å². The maximum absolute atomic E-state index is 13.1. The molecule has 0 saturated heterocycles. The van der Waals surface area contributed by atoms with Gasteiger partial charge in [0.2, 0.25) is 0 Å². The third-order valence-electron chi connectivity index (χ3n) is 5.28. The Hall–Kier alpha value is -3.06. The Morgan fingerprint density at radius 1 is 1.07 bits per heavy atom. The molecule has 0 fully saturated rings. The van der Waals surface area contributed by atoms with Crippen molar-refractivity contribution in [2.75, 3.05) is 23.8 Å². The quantitative estimate of drug-likeness (QED) is 0.678. The van der Waals surface area contributed by atoms with Gasteiger partial charge in [-0.1, -0.05) is 26.0 Å². The van der Waals surface area contributed by atoms with Crippen LogP contribution in [0.4, 0.5) is 11.4 Å². The molecule has 0 spiro atoms. The first-order chi connectivity index (χ1) is 13.7. The van der Waals surface area contributed by atoms with Crippen LogP contribution in [0.25, 0.3) is 10.8 Å². The average Bonchev–Trinajstić information content (AvgIpc) is 2.95. The number of rotatable bonds is 5. The maximum Gasteiger partial charge on any atom is 0.265 e.